The van der Waals surface area contributed by atoms with Crippen LogP contribution in [-0.2, 0) is 0 Å². The van der Waals surface area contributed by atoms with E-state index in [-0.39, 0.29) is 5.69 Å². The van der Waals surface area contributed by atoms with Crippen molar-refractivity contribution in [2.75, 3.05) is 18.0 Å². The number of hydrogen-bond donors (Lipinski definition) is 1. The fraction of sp³-hybridized carbons (Fsp3) is 0.375. The summed E-state index contributed by atoms with van der Waals surface area (Å²) in [4.78, 5) is 17.3. The maximum Gasteiger partial charge on any atom is 0.356 e. The summed E-state index contributed by atoms with van der Waals surface area (Å²) in [5.41, 5.74) is 2.30. The third kappa shape index (κ3) is 3.05. The Hall–Kier alpha value is -2.50. The quantitative estimate of drug-likeness (QED) is 0.936. The standard InChI is InChI=1S/C16H18N4O2/c1-11-2-3-13(10-17-11)12-6-8-20(9-7-12)15-5-4-14(16(21)22)18-19-15/h2-5,10,12H,6-9H2,1H3,(H,21,22). The SMILES string of the molecule is Cc1ccc(C2CCN(c3ccc(C(=O)O)nn3)CC2)cn1. The number of carboxylic acids is 1. The third-order valence-electron chi connectivity index (χ3n) is 4.09. The van der Waals surface area contributed by atoms with E-state index >= 15 is 0 Å². The molecular weight excluding hydrogens is 280 g/mol. The van der Waals surface area contributed by atoms with Crippen LogP contribution in [0.25, 0.3) is 0 Å². The van der Waals surface area contributed by atoms with Crippen LogP contribution in [0.3, 0.4) is 0 Å². The zero-order chi connectivity index (χ0) is 15.5. The van der Waals surface area contributed by atoms with Gasteiger partial charge in [0.2, 0.25) is 0 Å². The van der Waals surface area contributed by atoms with E-state index in [0.29, 0.717) is 5.92 Å². The van der Waals surface area contributed by atoms with Gasteiger partial charge in [0.05, 0.1) is 0 Å². The van der Waals surface area contributed by atoms with Gasteiger partial charge in [-0.3, -0.25) is 4.98 Å². The van der Waals surface area contributed by atoms with Gasteiger partial charge in [-0.2, -0.15) is 0 Å². The first-order chi connectivity index (χ1) is 10.6. The van der Waals surface area contributed by atoms with Crippen LogP contribution in [0.2, 0.25) is 0 Å². The maximum absolute atomic E-state index is 10.8. The van der Waals surface area contributed by atoms with E-state index in [2.05, 4.69) is 32.2 Å². The summed E-state index contributed by atoms with van der Waals surface area (Å²) in [7, 11) is 0. The molecule has 3 heterocycles. The first kappa shape index (κ1) is 14.4. The highest BCUT2D eigenvalue weighted by Gasteiger charge is 2.22. The van der Waals surface area contributed by atoms with Gasteiger partial charge in [0, 0.05) is 25.0 Å². The normalized spacial score (nSPS) is 15.8. The van der Waals surface area contributed by atoms with Gasteiger partial charge in [-0.15, -0.1) is 10.2 Å². The number of piperidine rings is 1. The van der Waals surface area contributed by atoms with Crippen LogP contribution in [0.4, 0.5) is 5.82 Å². The number of pyridine rings is 1. The zero-order valence-electron chi connectivity index (χ0n) is 12.4. The number of anilines is 1. The summed E-state index contributed by atoms with van der Waals surface area (Å²) in [5, 5.41) is 16.6. The van der Waals surface area contributed by atoms with Crippen molar-refractivity contribution >= 4 is 11.8 Å². The van der Waals surface area contributed by atoms with Crippen molar-refractivity contribution in [2.24, 2.45) is 0 Å². The Balaban J connectivity index is 1.63. The van der Waals surface area contributed by atoms with Gasteiger partial charge in [-0.1, -0.05) is 6.07 Å². The molecule has 2 aromatic rings. The molecule has 6 heteroatoms. The Morgan fingerprint density at radius 2 is 1.95 bits per heavy atom. The van der Waals surface area contributed by atoms with E-state index in [1.165, 1.54) is 11.6 Å². The lowest BCUT2D eigenvalue weighted by molar-refractivity contribution is 0.0689. The zero-order valence-corrected chi connectivity index (χ0v) is 12.4. The van der Waals surface area contributed by atoms with E-state index < -0.39 is 5.97 Å². The Bertz CT molecular complexity index is 647. The molecule has 1 aliphatic rings. The average molecular weight is 298 g/mol. The molecule has 0 atom stereocenters. The van der Waals surface area contributed by atoms with Crippen LogP contribution >= 0.6 is 0 Å². The molecule has 0 saturated carbocycles. The van der Waals surface area contributed by atoms with E-state index in [1.807, 2.05) is 13.1 Å². The van der Waals surface area contributed by atoms with E-state index in [0.717, 1.165) is 37.4 Å². The van der Waals surface area contributed by atoms with Crippen LogP contribution in [0, 0.1) is 6.92 Å². The van der Waals surface area contributed by atoms with Crippen molar-refractivity contribution in [1.82, 2.24) is 15.2 Å². The largest absolute Gasteiger partial charge is 0.476 e. The number of rotatable bonds is 3. The molecule has 22 heavy (non-hydrogen) atoms. The molecule has 1 N–H and O–H groups in total. The number of hydrogen-bond acceptors (Lipinski definition) is 5. The van der Waals surface area contributed by atoms with E-state index in [1.54, 1.807) is 6.07 Å². The second-order valence-electron chi connectivity index (χ2n) is 5.58. The van der Waals surface area contributed by atoms with Crippen molar-refractivity contribution in [2.45, 2.75) is 25.7 Å². The fourth-order valence-corrected chi connectivity index (χ4v) is 2.77. The number of aromatic nitrogens is 3. The fourth-order valence-electron chi connectivity index (χ4n) is 2.77. The van der Waals surface area contributed by atoms with Gasteiger partial charge in [-0.05, 0) is 49.4 Å². The van der Waals surface area contributed by atoms with Gasteiger partial charge in [0.25, 0.3) is 0 Å². The van der Waals surface area contributed by atoms with Crippen LogP contribution < -0.4 is 4.90 Å². The van der Waals surface area contributed by atoms with E-state index in [9.17, 15) is 4.79 Å². The number of nitrogens with zero attached hydrogens (tertiary/aromatic N) is 4. The molecule has 0 aromatic carbocycles. The molecule has 1 fully saturated rings. The Morgan fingerprint density at radius 3 is 2.50 bits per heavy atom. The highest BCUT2D eigenvalue weighted by atomic mass is 16.4. The summed E-state index contributed by atoms with van der Waals surface area (Å²) < 4.78 is 0. The average Bonchev–Trinajstić information content (AvgIpc) is 2.56. The first-order valence-corrected chi connectivity index (χ1v) is 7.38. The molecule has 6 nitrogen and oxygen atoms in total. The maximum atomic E-state index is 10.8. The van der Waals surface area contributed by atoms with Crippen molar-refractivity contribution in [1.29, 1.82) is 0 Å². The summed E-state index contributed by atoms with van der Waals surface area (Å²) in [6.45, 7) is 3.77. The van der Waals surface area contributed by atoms with Crippen LogP contribution in [0.1, 0.15) is 40.5 Å². The molecule has 3 rings (SSSR count). The minimum atomic E-state index is -1.05. The summed E-state index contributed by atoms with van der Waals surface area (Å²) in [6.07, 6.45) is 4.04. The number of aryl methyl sites for hydroxylation is 1. The molecule has 0 bridgehead atoms. The molecule has 2 aromatic heterocycles. The molecule has 1 saturated heterocycles. The van der Waals surface area contributed by atoms with Crippen molar-refractivity contribution in [3.05, 3.63) is 47.4 Å². The number of aromatic carboxylic acids is 1. The first-order valence-electron chi connectivity index (χ1n) is 7.38. The Morgan fingerprint density at radius 1 is 1.18 bits per heavy atom. The lowest BCUT2D eigenvalue weighted by Gasteiger charge is -2.32. The summed E-state index contributed by atoms with van der Waals surface area (Å²) in [6, 6.07) is 7.44. The molecule has 114 valence electrons. The molecule has 0 aliphatic carbocycles. The highest BCUT2D eigenvalue weighted by Crippen LogP contribution is 2.29. The number of carboxylic acid groups (broad SMARTS) is 1. The van der Waals surface area contributed by atoms with Gasteiger partial charge < -0.3 is 10.0 Å². The predicted octanol–water partition coefficient (Wildman–Crippen LogP) is 2.26. The topological polar surface area (TPSA) is 79.2 Å². The lowest BCUT2D eigenvalue weighted by atomic mass is 9.90. The van der Waals surface area contributed by atoms with Crippen molar-refractivity contribution < 1.29 is 9.90 Å². The molecule has 0 unspecified atom stereocenters. The smallest absolute Gasteiger partial charge is 0.356 e. The highest BCUT2D eigenvalue weighted by molar-refractivity contribution is 5.85. The van der Waals surface area contributed by atoms with Crippen molar-refractivity contribution in [3.8, 4) is 0 Å². The molecule has 0 spiro atoms. The molecule has 0 amide bonds. The van der Waals surface area contributed by atoms with Crippen molar-refractivity contribution in [3.63, 3.8) is 0 Å². The van der Waals surface area contributed by atoms with Gasteiger partial charge >= 0.3 is 5.97 Å². The Labute approximate surface area is 128 Å². The minimum Gasteiger partial charge on any atom is -0.476 e. The molecular formula is C16H18N4O2. The second kappa shape index (κ2) is 6.09. The van der Waals surface area contributed by atoms with Gasteiger partial charge in [-0.25, -0.2) is 4.79 Å². The van der Waals surface area contributed by atoms with Crippen LogP contribution in [-0.4, -0.2) is 39.3 Å². The van der Waals surface area contributed by atoms with Crippen LogP contribution in [0.5, 0.6) is 0 Å². The number of carbonyl (C=O) groups is 1. The molecule has 0 radical (unpaired) electrons. The van der Waals surface area contributed by atoms with E-state index in [4.69, 9.17) is 5.11 Å². The monoisotopic (exact) mass is 298 g/mol. The predicted molar refractivity (Wildman–Crippen MR) is 82.2 cm³/mol. The third-order valence-corrected chi connectivity index (χ3v) is 4.09. The van der Waals surface area contributed by atoms with Gasteiger partial charge in [0.1, 0.15) is 0 Å². The summed E-state index contributed by atoms with van der Waals surface area (Å²) >= 11 is 0. The van der Waals surface area contributed by atoms with Gasteiger partial charge in [0.15, 0.2) is 11.5 Å². The lowest BCUT2D eigenvalue weighted by Crippen LogP contribution is -2.33. The Kier molecular flexibility index (Phi) is 4.00. The minimum absolute atomic E-state index is 0.0237. The van der Waals surface area contributed by atoms with Crippen LogP contribution in [0.15, 0.2) is 30.5 Å². The molecule has 1 aliphatic heterocycles. The summed E-state index contributed by atoms with van der Waals surface area (Å²) in [5.74, 6) is 0.214. The second-order valence-corrected chi connectivity index (χ2v) is 5.58.